The summed E-state index contributed by atoms with van der Waals surface area (Å²) in [5.74, 6) is -1.47. The van der Waals surface area contributed by atoms with Crippen molar-refractivity contribution in [1.82, 2.24) is 0 Å². The molecule has 0 bridgehead atoms. The van der Waals surface area contributed by atoms with Crippen molar-refractivity contribution in [2.24, 2.45) is 5.92 Å². The monoisotopic (exact) mass is 334 g/mol. The molecule has 24 heavy (non-hydrogen) atoms. The molecule has 5 heteroatoms. The number of unbranched alkanes of at least 4 members (excludes halogenated alkanes) is 4. The molecule has 0 aromatic heterocycles. The summed E-state index contributed by atoms with van der Waals surface area (Å²) in [6.07, 6.45) is 6.70. The molecule has 0 heterocycles. The number of rotatable bonds is 13. The van der Waals surface area contributed by atoms with E-state index in [1.807, 2.05) is 18.2 Å². The Morgan fingerprint density at radius 3 is 2.21 bits per heavy atom. The van der Waals surface area contributed by atoms with Crippen molar-refractivity contribution in [3.63, 3.8) is 0 Å². The summed E-state index contributed by atoms with van der Waals surface area (Å²) in [6, 6.07) is 9.01. The SMILES string of the molecule is COC(CCCCCCCC(C=O)C=O)(C(=O)O)c1ccccc1. The van der Waals surface area contributed by atoms with Crippen molar-refractivity contribution in [2.45, 2.75) is 50.5 Å². The fourth-order valence-corrected chi connectivity index (χ4v) is 2.84. The largest absolute Gasteiger partial charge is 0.479 e. The highest BCUT2D eigenvalue weighted by Crippen LogP contribution is 2.31. The maximum atomic E-state index is 11.8. The van der Waals surface area contributed by atoms with Crippen LogP contribution >= 0.6 is 0 Å². The van der Waals surface area contributed by atoms with Crippen molar-refractivity contribution in [2.75, 3.05) is 7.11 Å². The Morgan fingerprint density at radius 1 is 1.08 bits per heavy atom. The van der Waals surface area contributed by atoms with Crippen molar-refractivity contribution < 1.29 is 24.2 Å². The molecule has 1 aromatic carbocycles. The highest BCUT2D eigenvalue weighted by molar-refractivity contribution is 5.79. The minimum absolute atomic E-state index is 0.411. The molecule has 1 aromatic rings. The van der Waals surface area contributed by atoms with E-state index in [4.69, 9.17) is 4.74 Å². The first-order chi connectivity index (χ1) is 11.6. The molecule has 0 amide bonds. The predicted octanol–water partition coefficient (Wildman–Crippen LogP) is 3.36. The molecule has 132 valence electrons. The zero-order valence-electron chi connectivity index (χ0n) is 14.1. The van der Waals surface area contributed by atoms with Crippen molar-refractivity contribution in [3.05, 3.63) is 35.9 Å². The summed E-state index contributed by atoms with van der Waals surface area (Å²) in [7, 11) is 1.43. The van der Waals surface area contributed by atoms with E-state index < -0.39 is 17.5 Å². The minimum Gasteiger partial charge on any atom is -0.479 e. The third-order valence-electron chi connectivity index (χ3n) is 4.35. The van der Waals surface area contributed by atoms with Crippen LogP contribution in [-0.2, 0) is 24.7 Å². The van der Waals surface area contributed by atoms with Crippen LogP contribution in [-0.4, -0.2) is 30.8 Å². The molecule has 0 aliphatic carbocycles. The topological polar surface area (TPSA) is 80.7 Å². The van der Waals surface area contributed by atoms with Crippen LogP contribution in [0.1, 0.15) is 50.5 Å². The average Bonchev–Trinajstić information content (AvgIpc) is 2.61. The second-order valence-electron chi connectivity index (χ2n) is 5.94. The van der Waals surface area contributed by atoms with Crippen molar-refractivity contribution in [3.8, 4) is 0 Å². The van der Waals surface area contributed by atoms with Gasteiger partial charge in [-0.2, -0.15) is 0 Å². The number of ether oxygens (including phenoxy) is 1. The lowest BCUT2D eigenvalue weighted by Crippen LogP contribution is -2.37. The number of carboxylic acids is 1. The third-order valence-corrected chi connectivity index (χ3v) is 4.35. The van der Waals surface area contributed by atoms with Gasteiger partial charge in [-0.05, 0) is 24.8 Å². The lowest BCUT2D eigenvalue weighted by Gasteiger charge is -2.28. The summed E-state index contributed by atoms with van der Waals surface area (Å²) in [6.45, 7) is 0. The highest BCUT2D eigenvalue weighted by Gasteiger charge is 2.39. The summed E-state index contributed by atoms with van der Waals surface area (Å²) in [5.41, 5.74) is -0.652. The molecule has 5 nitrogen and oxygen atoms in total. The lowest BCUT2D eigenvalue weighted by molar-refractivity contribution is -0.165. The molecule has 1 unspecified atom stereocenters. The smallest absolute Gasteiger partial charge is 0.340 e. The van der Waals surface area contributed by atoms with Gasteiger partial charge in [-0.25, -0.2) is 4.79 Å². The fourth-order valence-electron chi connectivity index (χ4n) is 2.84. The Labute approximate surface area is 143 Å². The van der Waals surface area contributed by atoms with Crippen LogP contribution in [0, 0.1) is 5.92 Å². The van der Waals surface area contributed by atoms with E-state index in [1.54, 1.807) is 12.1 Å². The molecule has 1 rings (SSSR count). The van der Waals surface area contributed by atoms with Crippen molar-refractivity contribution in [1.29, 1.82) is 0 Å². The maximum Gasteiger partial charge on any atom is 0.340 e. The van der Waals surface area contributed by atoms with Crippen LogP contribution in [0.15, 0.2) is 30.3 Å². The first-order valence-corrected chi connectivity index (χ1v) is 8.35. The number of carbonyl (C=O) groups is 3. The number of aliphatic carboxylic acids is 1. The molecule has 0 saturated heterocycles. The quantitative estimate of drug-likeness (QED) is 0.340. The van der Waals surface area contributed by atoms with Gasteiger partial charge in [0.2, 0.25) is 0 Å². The number of carboxylic acid groups (broad SMARTS) is 1. The van der Waals surface area contributed by atoms with Crippen LogP contribution < -0.4 is 0 Å². The second-order valence-corrected chi connectivity index (χ2v) is 5.94. The predicted molar refractivity (Wildman–Crippen MR) is 90.7 cm³/mol. The van der Waals surface area contributed by atoms with E-state index in [2.05, 4.69) is 0 Å². The van der Waals surface area contributed by atoms with E-state index in [9.17, 15) is 19.5 Å². The Hall–Kier alpha value is -2.01. The van der Waals surface area contributed by atoms with Gasteiger partial charge in [0, 0.05) is 7.11 Å². The molecule has 0 aliphatic heterocycles. The standard InChI is InChI=1S/C19H26O5/c1-24-19(18(22)23,17-11-7-5-8-12-17)13-9-4-2-3-6-10-16(14-20)15-21/h5,7-8,11-12,14-16H,2-4,6,9-10,13H2,1H3,(H,22,23). The number of aldehydes is 2. The van der Waals surface area contributed by atoms with Gasteiger partial charge in [-0.15, -0.1) is 0 Å². The Balaban J connectivity index is 2.43. The Kier molecular flexibility index (Phi) is 8.94. The number of methoxy groups -OCH3 is 1. The molecule has 0 spiro atoms. The van der Waals surface area contributed by atoms with E-state index in [0.29, 0.717) is 31.0 Å². The highest BCUT2D eigenvalue weighted by atomic mass is 16.5. The van der Waals surface area contributed by atoms with Gasteiger partial charge in [0.25, 0.3) is 0 Å². The van der Waals surface area contributed by atoms with Crippen LogP contribution in [0.4, 0.5) is 0 Å². The summed E-state index contributed by atoms with van der Waals surface area (Å²) >= 11 is 0. The lowest BCUT2D eigenvalue weighted by atomic mass is 9.87. The fraction of sp³-hybridized carbons (Fsp3) is 0.526. The van der Waals surface area contributed by atoms with Gasteiger partial charge in [0.15, 0.2) is 5.60 Å². The zero-order chi connectivity index (χ0) is 17.8. The zero-order valence-corrected chi connectivity index (χ0v) is 14.1. The molecule has 1 atom stereocenters. The van der Waals surface area contributed by atoms with Gasteiger partial charge < -0.3 is 19.4 Å². The first kappa shape index (κ1) is 20.0. The second kappa shape index (κ2) is 10.7. The van der Waals surface area contributed by atoms with Crippen LogP contribution in [0.25, 0.3) is 0 Å². The summed E-state index contributed by atoms with van der Waals surface area (Å²) in [4.78, 5) is 32.9. The molecule has 0 radical (unpaired) electrons. The number of hydrogen-bond donors (Lipinski definition) is 1. The van der Waals surface area contributed by atoms with Gasteiger partial charge in [-0.1, -0.05) is 56.0 Å². The number of carbonyl (C=O) groups excluding carboxylic acids is 2. The molecular formula is C19H26O5. The van der Waals surface area contributed by atoms with E-state index >= 15 is 0 Å². The molecule has 0 aliphatic rings. The van der Waals surface area contributed by atoms with Gasteiger partial charge in [-0.3, -0.25) is 0 Å². The molecular weight excluding hydrogens is 308 g/mol. The molecule has 0 saturated carbocycles. The molecule has 0 fully saturated rings. The Morgan fingerprint density at radius 2 is 1.67 bits per heavy atom. The van der Waals surface area contributed by atoms with Gasteiger partial charge in [0.1, 0.15) is 12.6 Å². The van der Waals surface area contributed by atoms with E-state index in [0.717, 1.165) is 32.1 Å². The van der Waals surface area contributed by atoms with Gasteiger partial charge >= 0.3 is 5.97 Å². The number of hydrogen-bond acceptors (Lipinski definition) is 4. The third kappa shape index (κ3) is 5.57. The normalized spacial score (nSPS) is 13.4. The summed E-state index contributed by atoms with van der Waals surface area (Å²) in [5, 5.41) is 9.64. The minimum atomic E-state index is -1.30. The Bertz CT molecular complexity index is 506. The maximum absolute atomic E-state index is 11.8. The summed E-state index contributed by atoms with van der Waals surface area (Å²) < 4.78 is 5.40. The van der Waals surface area contributed by atoms with Gasteiger partial charge in [0.05, 0.1) is 5.92 Å². The van der Waals surface area contributed by atoms with E-state index in [-0.39, 0.29) is 0 Å². The first-order valence-electron chi connectivity index (χ1n) is 8.35. The average molecular weight is 334 g/mol. The van der Waals surface area contributed by atoms with Crippen LogP contribution in [0.2, 0.25) is 0 Å². The van der Waals surface area contributed by atoms with Crippen molar-refractivity contribution >= 4 is 18.5 Å². The van der Waals surface area contributed by atoms with Crippen LogP contribution in [0.5, 0.6) is 0 Å². The number of benzene rings is 1. The van der Waals surface area contributed by atoms with E-state index in [1.165, 1.54) is 7.11 Å². The molecule has 1 N–H and O–H groups in total. The van der Waals surface area contributed by atoms with Crippen LogP contribution in [0.3, 0.4) is 0 Å².